The first-order valence-corrected chi connectivity index (χ1v) is 5.50. The molecule has 0 bridgehead atoms. The van der Waals surface area contributed by atoms with E-state index in [1.807, 2.05) is 19.3 Å². The molecule has 3 nitrogen and oxygen atoms in total. The van der Waals surface area contributed by atoms with E-state index < -0.39 is 0 Å². The molecule has 13 heavy (non-hydrogen) atoms. The summed E-state index contributed by atoms with van der Waals surface area (Å²) >= 11 is 1.77. The summed E-state index contributed by atoms with van der Waals surface area (Å²) in [7, 11) is 1.91. The number of hydrogen-bond donors (Lipinski definition) is 1. The summed E-state index contributed by atoms with van der Waals surface area (Å²) in [5, 5.41) is 4.30. The van der Waals surface area contributed by atoms with Crippen molar-refractivity contribution in [3.8, 4) is 0 Å². The van der Waals surface area contributed by atoms with Gasteiger partial charge in [-0.1, -0.05) is 0 Å². The highest BCUT2D eigenvalue weighted by atomic mass is 32.2. The predicted molar refractivity (Wildman–Crippen MR) is 57.7 cm³/mol. The molecule has 0 spiro atoms. The SMILES string of the molecule is CSC(C)(C)C(N)c1ccn(C)n1. The fourth-order valence-electron chi connectivity index (χ4n) is 1.08. The smallest absolute Gasteiger partial charge is 0.0805 e. The first kappa shape index (κ1) is 10.6. The molecule has 1 unspecified atom stereocenters. The molecule has 0 aromatic carbocycles. The molecule has 0 aliphatic rings. The fraction of sp³-hybridized carbons (Fsp3) is 0.667. The van der Waals surface area contributed by atoms with E-state index in [2.05, 4.69) is 25.2 Å². The van der Waals surface area contributed by atoms with Crippen molar-refractivity contribution >= 4 is 11.8 Å². The minimum atomic E-state index is -0.0105. The van der Waals surface area contributed by atoms with Crippen LogP contribution >= 0.6 is 11.8 Å². The van der Waals surface area contributed by atoms with Crippen molar-refractivity contribution in [3.63, 3.8) is 0 Å². The van der Waals surface area contributed by atoms with Gasteiger partial charge in [0.2, 0.25) is 0 Å². The Bertz CT molecular complexity index is 280. The van der Waals surface area contributed by atoms with Gasteiger partial charge in [0.25, 0.3) is 0 Å². The minimum absolute atomic E-state index is 0.0105. The van der Waals surface area contributed by atoms with Gasteiger partial charge in [-0.25, -0.2) is 0 Å². The zero-order chi connectivity index (χ0) is 10.1. The zero-order valence-electron chi connectivity index (χ0n) is 8.61. The van der Waals surface area contributed by atoms with Crippen molar-refractivity contribution in [3.05, 3.63) is 18.0 Å². The van der Waals surface area contributed by atoms with Crippen LogP contribution in [0.1, 0.15) is 25.6 Å². The molecule has 0 saturated carbocycles. The summed E-state index contributed by atoms with van der Waals surface area (Å²) in [4.78, 5) is 0. The van der Waals surface area contributed by atoms with Gasteiger partial charge in [-0.05, 0) is 26.2 Å². The standard InChI is InChI=1S/C9H17N3S/c1-9(2,13-4)8(10)7-5-6-12(3)11-7/h5-6,8H,10H2,1-4H3. The molecule has 0 amide bonds. The number of rotatable bonds is 3. The largest absolute Gasteiger partial charge is 0.321 e. The van der Waals surface area contributed by atoms with Crippen molar-refractivity contribution in [1.29, 1.82) is 0 Å². The zero-order valence-corrected chi connectivity index (χ0v) is 9.43. The molecule has 0 fully saturated rings. The van der Waals surface area contributed by atoms with Gasteiger partial charge in [-0.2, -0.15) is 16.9 Å². The van der Waals surface area contributed by atoms with Gasteiger partial charge < -0.3 is 5.73 Å². The van der Waals surface area contributed by atoms with Gasteiger partial charge in [0.05, 0.1) is 11.7 Å². The maximum atomic E-state index is 6.10. The normalized spacial score (nSPS) is 14.5. The van der Waals surface area contributed by atoms with Crippen LogP contribution in [0.3, 0.4) is 0 Å². The maximum Gasteiger partial charge on any atom is 0.0805 e. The monoisotopic (exact) mass is 199 g/mol. The molecule has 1 aromatic heterocycles. The van der Waals surface area contributed by atoms with Crippen molar-refractivity contribution < 1.29 is 0 Å². The Balaban J connectivity index is 2.84. The van der Waals surface area contributed by atoms with Crippen molar-refractivity contribution in [2.75, 3.05) is 6.26 Å². The Kier molecular flexibility index (Phi) is 3.03. The third-order valence-electron chi connectivity index (χ3n) is 2.33. The van der Waals surface area contributed by atoms with Crippen LogP contribution in [-0.4, -0.2) is 20.8 Å². The number of aryl methyl sites for hydroxylation is 1. The molecule has 1 aromatic rings. The summed E-state index contributed by atoms with van der Waals surface area (Å²) in [6.45, 7) is 4.27. The molecule has 74 valence electrons. The van der Waals surface area contributed by atoms with E-state index in [9.17, 15) is 0 Å². The fourth-order valence-corrected chi connectivity index (χ4v) is 1.46. The van der Waals surface area contributed by atoms with Crippen LogP contribution in [0.4, 0.5) is 0 Å². The molecule has 0 aliphatic heterocycles. The minimum Gasteiger partial charge on any atom is -0.321 e. The van der Waals surface area contributed by atoms with Crippen LogP contribution in [0.2, 0.25) is 0 Å². The average molecular weight is 199 g/mol. The van der Waals surface area contributed by atoms with E-state index in [4.69, 9.17) is 5.73 Å². The van der Waals surface area contributed by atoms with Crippen molar-refractivity contribution in [2.24, 2.45) is 12.8 Å². The van der Waals surface area contributed by atoms with Crippen molar-refractivity contribution in [1.82, 2.24) is 9.78 Å². The van der Waals surface area contributed by atoms with E-state index >= 15 is 0 Å². The lowest BCUT2D eigenvalue weighted by Crippen LogP contribution is -2.32. The lowest BCUT2D eigenvalue weighted by molar-refractivity contribution is 0.542. The summed E-state index contributed by atoms with van der Waals surface area (Å²) in [5.74, 6) is 0. The Morgan fingerprint density at radius 3 is 2.62 bits per heavy atom. The van der Waals surface area contributed by atoms with E-state index in [1.165, 1.54) is 0 Å². The first-order chi connectivity index (χ1) is 5.97. The second-order valence-corrected chi connectivity index (χ2v) is 5.16. The maximum absolute atomic E-state index is 6.10. The Morgan fingerprint density at radius 2 is 2.23 bits per heavy atom. The van der Waals surface area contributed by atoms with Crippen LogP contribution < -0.4 is 5.73 Å². The van der Waals surface area contributed by atoms with Gasteiger partial charge in [0, 0.05) is 18.0 Å². The highest BCUT2D eigenvalue weighted by Gasteiger charge is 2.28. The third kappa shape index (κ3) is 2.25. The molecular formula is C9H17N3S. The van der Waals surface area contributed by atoms with Gasteiger partial charge in [0.15, 0.2) is 0 Å². The van der Waals surface area contributed by atoms with Gasteiger partial charge >= 0.3 is 0 Å². The van der Waals surface area contributed by atoms with E-state index in [-0.39, 0.29) is 10.8 Å². The Morgan fingerprint density at radius 1 is 1.62 bits per heavy atom. The van der Waals surface area contributed by atoms with Crippen LogP contribution in [0.5, 0.6) is 0 Å². The van der Waals surface area contributed by atoms with Gasteiger partial charge in [-0.15, -0.1) is 0 Å². The second kappa shape index (κ2) is 3.72. The quantitative estimate of drug-likeness (QED) is 0.803. The molecule has 1 rings (SSSR count). The molecule has 4 heteroatoms. The Hall–Kier alpha value is -0.480. The third-order valence-corrected chi connectivity index (χ3v) is 3.63. The lowest BCUT2D eigenvalue weighted by Gasteiger charge is -2.28. The highest BCUT2D eigenvalue weighted by molar-refractivity contribution is 7.99. The van der Waals surface area contributed by atoms with Crippen LogP contribution in [-0.2, 0) is 7.05 Å². The van der Waals surface area contributed by atoms with E-state index in [0.717, 1.165) is 5.69 Å². The van der Waals surface area contributed by atoms with Crippen LogP contribution in [0, 0.1) is 0 Å². The molecule has 2 N–H and O–H groups in total. The highest BCUT2D eigenvalue weighted by Crippen LogP contribution is 2.32. The van der Waals surface area contributed by atoms with Crippen LogP contribution in [0.25, 0.3) is 0 Å². The Labute approximate surface area is 83.7 Å². The van der Waals surface area contributed by atoms with E-state index in [0.29, 0.717) is 0 Å². The van der Waals surface area contributed by atoms with Gasteiger partial charge in [0.1, 0.15) is 0 Å². The molecule has 0 radical (unpaired) electrons. The molecule has 1 atom stereocenters. The second-order valence-electron chi connectivity index (χ2n) is 3.70. The molecule has 1 heterocycles. The first-order valence-electron chi connectivity index (χ1n) is 4.27. The number of thioether (sulfide) groups is 1. The predicted octanol–water partition coefficient (Wildman–Crippen LogP) is 1.56. The van der Waals surface area contributed by atoms with Crippen LogP contribution in [0.15, 0.2) is 12.3 Å². The number of nitrogens with zero attached hydrogens (tertiary/aromatic N) is 2. The number of hydrogen-bond acceptors (Lipinski definition) is 3. The molecular weight excluding hydrogens is 182 g/mol. The van der Waals surface area contributed by atoms with Gasteiger partial charge in [-0.3, -0.25) is 4.68 Å². The lowest BCUT2D eigenvalue weighted by atomic mass is 10.0. The number of nitrogens with two attached hydrogens (primary N) is 1. The van der Waals surface area contributed by atoms with E-state index in [1.54, 1.807) is 16.4 Å². The molecule has 0 aliphatic carbocycles. The topological polar surface area (TPSA) is 43.8 Å². The average Bonchev–Trinajstić information content (AvgIpc) is 2.50. The van der Waals surface area contributed by atoms with Crippen molar-refractivity contribution in [2.45, 2.75) is 24.6 Å². The summed E-state index contributed by atoms with van der Waals surface area (Å²) < 4.78 is 1.82. The number of aromatic nitrogens is 2. The summed E-state index contributed by atoms with van der Waals surface area (Å²) in [5.41, 5.74) is 7.06. The molecule has 0 saturated heterocycles. The summed E-state index contributed by atoms with van der Waals surface area (Å²) in [6, 6.07) is 1.96. The summed E-state index contributed by atoms with van der Waals surface area (Å²) in [6.07, 6.45) is 3.99.